The van der Waals surface area contributed by atoms with Gasteiger partial charge in [0.15, 0.2) is 0 Å². The third kappa shape index (κ3) is 6.12. The zero-order valence-corrected chi connectivity index (χ0v) is 13.3. The molecule has 6 heteroatoms. The fourth-order valence-electron chi connectivity index (χ4n) is 2.09. The molecule has 2 rings (SSSR count). The van der Waals surface area contributed by atoms with E-state index in [0.29, 0.717) is 22.6 Å². The highest BCUT2D eigenvalue weighted by atomic mass is 32.2. The van der Waals surface area contributed by atoms with E-state index < -0.39 is 23.0 Å². The van der Waals surface area contributed by atoms with Gasteiger partial charge >= 0.3 is 0 Å². The quantitative estimate of drug-likeness (QED) is 0.616. The van der Waals surface area contributed by atoms with E-state index in [1.807, 2.05) is 0 Å². The molecular formula is C18H14F4OS. The summed E-state index contributed by atoms with van der Waals surface area (Å²) in [7, 11) is -1.18. The lowest BCUT2D eigenvalue weighted by Crippen LogP contribution is -1.99. The maximum absolute atomic E-state index is 12.2. The Morgan fingerprint density at radius 1 is 0.708 bits per heavy atom. The molecule has 0 amide bonds. The molecule has 24 heavy (non-hydrogen) atoms. The van der Waals surface area contributed by atoms with Crippen LogP contribution in [0.4, 0.5) is 17.6 Å². The van der Waals surface area contributed by atoms with Crippen molar-refractivity contribution < 1.29 is 21.8 Å². The first-order valence-corrected chi connectivity index (χ1v) is 8.49. The molecule has 0 aliphatic rings. The van der Waals surface area contributed by atoms with Gasteiger partial charge in [0.25, 0.3) is 12.2 Å². The Morgan fingerprint density at radius 3 is 1.33 bits per heavy atom. The standard InChI is InChI=1S/C18H14F4OS/c19-17(20)9-13-1-5-15(6-2-13)11-24(23)12-16-7-3-14(4-8-16)10-18(21)22/h1-10H,11-12H2. The Balaban J connectivity index is 1.95. The lowest BCUT2D eigenvalue weighted by atomic mass is 10.1. The van der Waals surface area contributed by atoms with Crippen molar-refractivity contribution >= 4 is 23.0 Å². The molecule has 0 bridgehead atoms. The summed E-state index contributed by atoms with van der Waals surface area (Å²) in [4.78, 5) is 0. The van der Waals surface area contributed by atoms with Gasteiger partial charge in [0, 0.05) is 34.5 Å². The summed E-state index contributed by atoms with van der Waals surface area (Å²) < 4.78 is 60.7. The average molecular weight is 354 g/mol. The third-order valence-corrected chi connectivity index (χ3v) is 4.48. The zero-order valence-electron chi connectivity index (χ0n) is 12.5. The molecule has 0 aliphatic heterocycles. The maximum atomic E-state index is 12.2. The molecule has 0 saturated carbocycles. The lowest BCUT2D eigenvalue weighted by Gasteiger charge is -2.04. The molecule has 126 valence electrons. The van der Waals surface area contributed by atoms with Gasteiger partial charge in [-0.25, -0.2) is 0 Å². The number of halogens is 4. The molecule has 0 atom stereocenters. The van der Waals surface area contributed by atoms with E-state index in [1.165, 1.54) is 0 Å². The largest absolute Gasteiger partial charge is 0.270 e. The molecular weight excluding hydrogens is 340 g/mol. The number of hydrogen-bond acceptors (Lipinski definition) is 1. The van der Waals surface area contributed by atoms with Crippen LogP contribution in [0, 0.1) is 0 Å². The highest BCUT2D eigenvalue weighted by Gasteiger charge is 2.04. The maximum Gasteiger partial charge on any atom is 0.270 e. The Morgan fingerprint density at radius 2 is 1.04 bits per heavy atom. The average Bonchev–Trinajstić information content (AvgIpc) is 2.50. The first-order valence-electron chi connectivity index (χ1n) is 7.00. The summed E-state index contributed by atoms with van der Waals surface area (Å²) in [6, 6.07) is 12.8. The summed E-state index contributed by atoms with van der Waals surface area (Å²) in [5, 5.41) is 0. The highest BCUT2D eigenvalue weighted by Crippen LogP contribution is 2.15. The minimum atomic E-state index is -1.77. The van der Waals surface area contributed by atoms with Crippen LogP contribution in [0.5, 0.6) is 0 Å². The van der Waals surface area contributed by atoms with E-state index in [1.54, 1.807) is 48.5 Å². The first kappa shape index (κ1) is 18.1. The van der Waals surface area contributed by atoms with E-state index in [-0.39, 0.29) is 0 Å². The highest BCUT2D eigenvalue weighted by molar-refractivity contribution is 7.83. The normalized spacial score (nSPS) is 10.5. The summed E-state index contributed by atoms with van der Waals surface area (Å²) in [6.07, 6.45) is -2.01. The van der Waals surface area contributed by atoms with Crippen LogP contribution >= 0.6 is 0 Å². The van der Waals surface area contributed by atoms with Gasteiger partial charge in [-0.1, -0.05) is 48.5 Å². The summed E-state index contributed by atoms with van der Waals surface area (Å²) >= 11 is 0. The fraction of sp³-hybridized carbons (Fsp3) is 0.111. The second kappa shape index (κ2) is 8.59. The molecule has 2 aromatic rings. The van der Waals surface area contributed by atoms with Gasteiger partial charge in [-0.2, -0.15) is 17.6 Å². The Kier molecular flexibility index (Phi) is 6.49. The predicted molar refractivity (Wildman–Crippen MR) is 88.8 cm³/mol. The van der Waals surface area contributed by atoms with Gasteiger partial charge < -0.3 is 0 Å². The van der Waals surface area contributed by atoms with Crippen LogP contribution in [0.2, 0.25) is 0 Å². The van der Waals surface area contributed by atoms with Crippen molar-refractivity contribution in [1.29, 1.82) is 0 Å². The molecule has 0 aromatic heterocycles. The number of benzene rings is 2. The molecule has 0 heterocycles. The first-order chi connectivity index (χ1) is 11.4. The summed E-state index contributed by atoms with van der Waals surface area (Å²) in [5.41, 5.74) is 2.33. The number of rotatable bonds is 6. The van der Waals surface area contributed by atoms with Gasteiger partial charge in [0.2, 0.25) is 0 Å². The van der Waals surface area contributed by atoms with Gasteiger partial charge in [-0.3, -0.25) is 4.21 Å². The second-order valence-corrected chi connectivity index (χ2v) is 6.54. The summed E-state index contributed by atoms with van der Waals surface area (Å²) in [5.74, 6) is 0.589. The minimum absolute atomic E-state index is 0.295. The van der Waals surface area contributed by atoms with Gasteiger partial charge in [-0.15, -0.1) is 0 Å². The molecule has 0 aliphatic carbocycles. The molecule has 2 aromatic carbocycles. The molecule has 0 N–H and O–H groups in total. The molecule has 0 fully saturated rings. The zero-order chi connectivity index (χ0) is 17.5. The number of hydrogen-bond donors (Lipinski definition) is 0. The van der Waals surface area contributed by atoms with Crippen molar-refractivity contribution in [1.82, 2.24) is 0 Å². The van der Waals surface area contributed by atoms with Crippen LogP contribution < -0.4 is 0 Å². The molecule has 0 radical (unpaired) electrons. The smallest absolute Gasteiger partial charge is 0.259 e. The van der Waals surface area contributed by atoms with Crippen molar-refractivity contribution in [3.05, 3.63) is 82.9 Å². The minimum Gasteiger partial charge on any atom is -0.259 e. The van der Waals surface area contributed by atoms with Crippen LogP contribution in [-0.4, -0.2) is 4.21 Å². The third-order valence-electron chi connectivity index (χ3n) is 3.17. The monoisotopic (exact) mass is 354 g/mol. The van der Waals surface area contributed by atoms with E-state index >= 15 is 0 Å². The van der Waals surface area contributed by atoms with Crippen LogP contribution in [-0.2, 0) is 22.3 Å². The Hall–Kier alpha value is -2.21. The SMILES string of the molecule is O=S(Cc1ccc(C=C(F)F)cc1)Cc1ccc(C=C(F)F)cc1. The van der Waals surface area contributed by atoms with Gasteiger partial charge in [-0.05, 0) is 22.3 Å². The van der Waals surface area contributed by atoms with Crippen LogP contribution in [0.1, 0.15) is 22.3 Å². The van der Waals surface area contributed by atoms with Gasteiger partial charge in [0.05, 0.1) is 0 Å². The molecule has 0 unspecified atom stereocenters. The van der Waals surface area contributed by atoms with Crippen LogP contribution in [0.15, 0.2) is 60.7 Å². The van der Waals surface area contributed by atoms with Crippen molar-refractivity contribution in [2.24, 2.45) is 0 Å². The van der Waals surface area contributed by atoms with E-state index in [2.05, 4.69) is 0 Å². The van der Waals surface area contributed by atoms with Crippen LogP contribution in [0.25, 0.3) is 12.2 Å². The predicted octanol–water partition coefficient (Wildman–Crippen LogP) is 5.61. The van der Waals surface area contributed by atoms with E-state index in [4.69, 9.17) is 0 Å². The fourth-order valence-corrected chi connectivity index (χ4v) is 3.33. The molecule has 1 nitrogen and oxygen atoms in total. The molecule has 0 saturated heterocycles. The van der Waals surface area contributed by atoms with E-state index in [0.717, 1.165) is 23.3 Å². The summed E-state index contributed by atoms with van der Waals surface area (Å²) in [6.45, 7) is 0. The van der Waals surface area contributed by atoms with Crippen molar-refractivity contribution in [2.75, 3.05) is 0 Å². The van der Waals surface area contributed by atoms with Gasteiger partial charge in [0.1, 0.15) is 0 Å². The second-order valence-electron chi connectivity index (χ2n) is 5.08. The molecule has 0 spiro atoms. The van der Waals surface area contributed by atoms with Crippen LogP contribution in [0.3, 0.4) is 0 Å². The van der Waals surface area contributed by atoms with Crippen molar-refractivity contribution in [3.63, 3.8) is 0 Å². The topological polar surface area (TPSA) is 17.1 Å². The Bertz CT molecular complexity index is 691. The lowest BCUT2D eigenvalue weighted by molar-refractivity contribution is 0.428. The van der Waals surface area contributed by atoms with Crippen molar-refractivity contribution in [2.45, 2.75) is 11.5 Å². The van der Waals surface area contributed by atoms with Crippen molar-refractivity contribution in [3.8, 4) is 0 Å². The van der Waals surface area contributed by atoms with E-state index in [9.17, 15) is 21.8 Å². The Labute approximate surface area is 139 Å².